The summed E-state index contributed by atoms with van der Waals surface area (Å²) in [6.45, 7) is 7.47. The molecule has 1 aromatic rings. The molecule has 0 spiro atoms. The van der Waals surface area contributed by atoms with Gasteiger partial charge in [-0.15, -0.1) is 0 Å². The molecule has 2 rings (SSSR count). The van der Waals surface area contributed by atoms with E-state index in [0.717, 1.165) is 49.8 Å². The van der Waals surface area contributed by atoms with Crippen molar-refractivity contribution in [3.63, 3.8) is 0 Å². The summed E-state index contributed by atoms with van der Waals surface area (Å²) in [7, 11) is 0. The van der Waals surface area contributed by atoms with Crippen LogP contribution >= 0.6 is 0 Å². The molecule has 4 heteroatoms. The average Bonchev–Trinajstić information content (AvgIpc) is 2.39. The van der Waals surface area contributed by atoms with Crippen LogP contribution in [0, 0.1) is 6.57 Å². The highest BCUT2D eigenvalue weighted by Crippen LogP contribution is 2.40. The van der Waals surface area contributed by atoms with E-state index in [9.17, 15) is 13.2 Å². The minimum atomic E-state index is -4.29. The van der Waals surface area contributed by atoms with Crippen molar-refractivity contribution in [1.29, 1.82) is 0 Å². The van der Waals surface area contributed by atoms with E-state index in [0.29, 0.717) is 6.54 Å². The second-order valence-corrected chi connectivity index (χ2v) is 5.23. The van der Waals surface area contributed by atoms with Crippen LogP contribution in [0.5, 0.6) is 0 Å². The van der Waals surface area contributed by atoms with Crippen LogP contribution in [0.15, 0.2) is 24.3 Å². The molecule has 0 atom stereocenters. The van der Waals surface area contributed by atoms with Gasteiger partial charge in [0.1, 0.15) is 0 Å². The smallest absolute Gasteiger partial charge is 0.316 e. The normalized spacial score (nSPS) is 18.8. The minimum absolute atomic E-state index is 0.232. The Morgan fingerprint density at radius 3 is 2.11 bits per heavy atom. The van der Waals surface area contributed by atoms with Crippen molar-refractivity contribution in [2.75, 3.05) is 6.54 Å². The highest BCUT2D eigenvalue weighted by molar-refractivity contribution is 5.32. The molecule has 19 heavy (non-hydrogen) atoms. The predicted molar refractivity (Wildman–Crippen MR) is 67.7 cm³/mol. The van der Waals surface area contributed by atoms with E-state index >= 15 is 0 Å². The summed E-state index contributed by atoms with van der Waals surface area (Å²) in [5.41, 5.74) is 0.0330. The van der Waals surface area contributed by atoms with E-state index in [1.807, 2.05) is 0 Å². The molecule has 1 aliphatic carbocycles. The molecular weight excluding hydrogens is 251 g/mol. The topological polar surface area (TPSA) is 4.36 Å². The molecule has 1 aliphatic rings. The molecule has 0 heterocycles. The summed E-state index contributed by atoms with van der Waals surface area (Å²) >= 11 is 0. The summed E-state index contributed by atoms with van der Waals surface area (Å²) < 4.78 is 37.7. The first kappa shape index (κ1) is 13.9. The fourth-order valence-corrected chi connectivity index (χ4v) is 2.93. The van der Waals surface area contributed by atoms with Crippen molar-refractivity contribution in [3.8, 4) is 0 Å². The molecule has 1 nitrogen and oxygen atoms in total. The van der Waals surface area contributed by atoms with Crippen LogP contribution in [0.25, 0.3) is 4.85 Å². The first-order valence-corrected chi connectivity index (χ1v) is 6.49. The monoisotopic (exact) mass is 267 g/mol. The summed E-state index contributed by atoms with van der Waals surface area (Å²) in [5, 5.41) is 0. The Kier molecular flexibility index (Phi) is 3.84. The standard InChI is InChI=1S/C15H16F3N/c1-19-11-14(9-3-2-4-10-14)12-5-7-13(8-6-12)15(16,17)18/h5-8H,2-4,9-11H2. The molecule has 0 unspecified atom stereocenters. The number of benzene rings is 1. The minimum Gasteiger partial charge on any atom is -0.316 e. The van der Waals surface area contributed by atoms with Gasteiger partial charge in [-0.3, -0.25) is 0 Å². The van der Waals surface area contributed by atoms with Gasteiger partial charge in [0.25, 0.3) is 0 Å². The van der Waals surface area contributed by atoms with Gasteiger partial charge in [-0.1, -0.05) is 31.4 Å². The van der Waals surface area contributed by atoms with Gasteiger partial charge in [0.2, 0.25) is 6.54 Å². The van der Waals surface area contributed by atoms with Crippen molar-refractivity contribution in [1.82, 2.24) is 0 Å². The number of alkyl halides is 3. The summed E-state index contributed by atoms with van der Waals surface area (Å²) in [5.74, 6) is 0. The fraction of sp³-hybridized carbons (Fsp3) is 0.533. The zero-order chi connectivity index (χ0) is 13.9. The molecule has 0 N–H and O–H groups in total. The molecule has 1 aromatic carbocycles. The maximum absolute atomic E-state index is 12.6. The van der Waals surface area contributed by atoms with Crippen molar-refractivity contribution >= 4 is 0 Å². The van der Waals surface area contributed by atoms with Gasteiger partial charge in [-0.2, -0.15) is 13.2 Å². The number of hydrogen-bond donors (Lipinski definition) is 0. The maximum Gasteiger partial charge on any atom is 0.416 e. The maximum atomic E-state index is 12.6. The van der Waals surface area contributed by atoms with Gasteiger partial charge in [-0.25, -0.2) is 6.57 Å². The molecule has 0 aromatic heterocycles. The Labute approximate surface area is 111 Å². The lowest BCUT2D eigenvalue weighted by atomic mass is 9.69. The number of rotatable bonds is 2. The fourth-order valence-electron chi connectivity index (χ4n) is 2.93. The second kappa shape index (κ2) is 5.24. The summed E-state index contributed by atoms with van der Waals surface area (Å²) in [6.07, 6.45) is 0.771. The van der Waals surface area contributed by atoms with Gasteiger partial charge < -0.3 is 4.85 Å². The Bertz CT molecular complexity index is 462. The van der Waals surface area contributed by atoms with E-state index in [1.165, 1.54) is 0 Å². The molecule has 1 fully saturated rings. The Balaban J connectivity index is 2.30. The zero-order valence-electron chi connectivity index (χ0n) is 10.6. The van der Waals surface area contributed by atoms with Crippen molar-refractivity contribution < 1.29 is 13.2 Å². The van der Waals surface area contributed by atoms with Gasteiger partial charge in [0.15, 0.2) is 0 Å². The molecule has 0 radical (unpaired) electrons. The predicted octanol–water partition coefficient (Wildman–Crippen LogP) is 4.83. The molecular formula is C15H16F3N. The first-order valence-electron chi connectivity index (χ1n) is 6.49. The highest BCUT2D eigenvalue weighted by atomic mass is 19.4. The van der Waals surface area contributed by atoms with Gasteiger partial charge in [0, 0.05) is 0 Å². The van der Waals surface area contributed by atoms with E-state index in [4.69, 9.17) is 6.57 Å². The second-order valence-electron chi connectivity index (χ2n) is 5.23. The third-order valence-corrected chi connectivity index (χ3v) is 4.02. The number of nitrogens with zero attached hydrogens (tertiary/aromatic N) is 1. The quantitative estimate of drug-likeness (QED) is 0.676. The SMILES string of the molecule is [C-]#[N+]CC1(c2ccc(C(F)(F)F)cc2)CCCCC1. The lowest BCUT2D eigenvalue weighted by molar-refractivity contribution is -0.137. The molecule has 102 valence electrons. The Morgan fingerprint density at radius 2 is 1.63 bits per heavy atom. The lowest BCUT2D eigenvalue weighted by Crippen LogP contribution is -2.31. The molecule has 0 saturated heterocycles. The Morgan fingerprint density at radius 1 is 1.05 bits per heavy atom. The van der Waals surface area contributed by atoms with E-state index < -0.39 is 11.7 Å². The third kappa shape index (κ3) is 2.91. The molecule has 0 bridgehead atoms. The zero-order valence-corrected chi connectivity index (χ0v) is 10.6. The van der Waals surface area contributed by atoms with E-state index in [-0.39, 0.29) is 5.41 Å². The van der Waals surface area contributed by atoms with Crippen LogP contribution in [-0.4, -0.2) is 6.54 Å². The van der Waals surface area contributed by atoms with Crippen LogP contribution in [0.4, 0.5) is 13.2 Å². The highest BCUT2D eigenvalue weighted by Gasteiger charge is 2.38. The Hall–Kier alpha value is -1.50. The van der Waals surface area contributed by atoms with Gasteiger partial charge in [-0.05, 0) is 30.5 Å². The van der Waals surface area contributed by atoms with Crippen LogP contribution in [0.3, 0.4) is 0 Å². The molecule has 0 aliphatic heterocycles. The summed E-state index contributed by atoms with van der Waals surface area (Å²) in [6, 6.07) is 5.38. The summed E-state index contributed by atoms with van der Waals surface area (Å²) in [4.78, 5) is 3.51. The largest absolute Gasteiger partial charge is 0.416 e. The van der Waals surface area contributed by atoms with Crippen LogP contribution in [0.1, 0.15) is 43.2 Å². The van der Waals surface area contributed by atoms with Crippen LogP contribution < -0.4 is 0 Å². The number of hydrogen-bond acceptors (Lipinski definition) is 0. The number of halogens is 3. The van der Waals surface area contributed by atoms with Crippen LogP contribution in [-0.2, 0) is 11.6 Å². The molecule has 1 saturated carbocycles. The third-order valence-electron chi connectivity index (χ3n) is 4.02. The van der Waals surface area contributed by atoms with E-state index in [1.54, 1.807) is 12.1 Å². The van der Waals surface area contributed by atoms with Gasteiger partial charge in [0.05, 0.1) is 11.0 Å². The van der Waals surface area contributed by atoms with Crippen molar-refractivity contribution in [2.45, 2.75) is 43.7 Å². The van der Waals surface area contributed by atoms with Crippen molar-refractivity contribution in [3.05, 3.63) is 46.8 Å². The lowest BCUT2D eigenvalue weighted by Gasteiger charge is -2.33. The van der Waals surface area contributed by atoms with E-state index in [2.05, 4.69) is 4.85 Å². The van der Waals surface area contributed by atoms with Gasteiger partial charge >= 0.3 is 6.18 Å². The average molecular weight is 267 g/mol. The van der Waals surface area contributed by atoms with Crippen molar-refractivity contribution in [2.24, 2.45) is 0 Å². The molecule has 0 amide bonds. The van der Waals surface area contributed by atoms with Crippen LogP contribution in [0.2, 0.25) is 0 Å². The first-order chi connectivity index (χ1) is 8.98.